The standard InChI is InChI=1S/C19H22F3N5O4/c20-14-9-12(26-11-13(31-19(26)30)10-23-18(29)17(21)22)1-2-15(14)24-5-7-25-4-3-16(28)27(25)8-6-24/h1-2,9,13,17H,3-8,10-11H2,(H,23,29)/t13-/m0/s1. The molecule has 1 aromatic carbocycles. The number of benzene rings is 1. The Hall–Kier alpha value is -3.02. The third-order valence-corrected chi connectivity index (χ3v) is 5.58. The number of hydrogen-bond acceptors (Lipinski definition) is 6. The van der Waals surface area contributed by atoms with E-state index in [0.717, 1.165) is 0 Å². The summed E-state index contributed by atoms with van der Waals surface area (Å²) in [5, 5.41) is 5.68. The van der Waals surface area contributed by atoms with Gasteiger partial charge in [0.2, 0.25) is 5.91 Å². The van der Waals surface area contributed by atoms with E-state index in [2.05, 4.69) is 0 Å². The third-order valence-electron chi connectivity index (χ3n) is 5.58. The van der Waals surface area contributed by atoms with E-state index in [0.29, 0.717) is 44.8 Å². The number of carbonyl (C=O) groups is 3. The second-order valence-corrected chi connectivity index (χ2v) is 7.51. The molecule has 9 nitrogen and oxygen atoms in total. The van der Waals surface area contributed by atoms with Crippen LogP contribution in [0.1, 0.15) is 6.42 Å². The van der Waals surface area contributed by atoms with Crippen molar-refractivity contribution in [2.45, 2.75) is 19.0 Å². The van der Waals surface area contributed by atoms with E-state index in [1.54, 1.807) is 17.1 Å². The zero-order valence-corrected chi connectivity index (χ0v) is 16.6. The summed E-state index contributed by atoms with van der Waals surface area (Å²) < 4.78 is 44.5. The summed E-state index contributed by atoms with van der Waals surface area (Å²) in [6.45, 7) is 2.53. The van der Waals surface area contributed by atoms with E-state index < -0.39 is 30.3 Å². The largest absolute Gasteiger partial charge is 0.442 e. The van der Waals surface area contributed by atoms with E-state index in [9.17, 15) is 27.6 Å². The monoisotopic (exact) mass is 441 g/mol. The molecule has 3 heterocycles. The van der Waals surface area contributed by atoms with Gasteiger partial charge in [0, 0.05) is 32.6 Å². The number of amides is 3. The van der Waals surface area contributed by atoms with Gasteiger partial charge in [-0.05, 0) is 18.2 Å². The highest BCUT2D eigenvalue weighted by molar-refractivity contribution is 5.90. The number of cyclic esters (lactones) is 1. The third kappa shape index (κ3) is 4.38. The van der Waals surface area contributed by atoms with Crippen LogP contribution < -0.4 is 15.1 Å². The van der Waals surface area contributed by atoms with Crippen LogP contribution >= 0.6 is 0 Å². The van der Waals surface area contributed by atoms with Gasteiger partial charge >= 0.3 is 12.5 Å². The fraction of sp³-hybridized carbons (Fsp3) is 0.526. The van der Waals surface area contributed by atoms with Crippen molar-refractivity contribution in [3.8, 4) is 0 Å². The molecule has 0 spiro atoms. The number of halogens is 3. The van der Waals surface area contributed by atoms with Crippen LogP contribution in [0.4, 0.5) is 29.3 Å². The van der Waals surface area contributed by atoms with Crippen LogP contribution in [0.5, 0.6) is 0 Å². The fourth-order valence-corrected chi connectivity index (χ4v) is 3.99. The smallest absolute Gasteiger partial charge is 0.414 e. The molecule has 0 aromatic heterocycles. The highest BCUT2D eigenvalue weighted by atomic mass is 19.3. The average Bonchev–Trinajstić information content (AvgIpc) is 3.20. The first-order valence-electron chi connectivity index (χ1n) is 9.97. The van der Waals surface area contributed by atoms with Gasteiger partial charge in [-0.25, -0.2) is 14.2 Å². The minimum absolute atomic E-state index is 0.00309. The molecule has 0 radical (unpaired) electrons. The van der Waals surface area contributed by atoms with Crippen LogP contribution in [0.25, 0.3) is 0 Å². The minimum atomic E-state index is -3.15. The zero-order chi connectivity index (χ0) is 22.1. The van der Waals surface area contributed by atoms with E-state index in [1.807, 2.05) is 15.2 Å². The predicted molar refractivity (Wildman–Crippen MR) is 103 cm³/mol. The van der Waals surface area contributed by atoms with Crippen LogP contribution in [0.2, 0.25) is 0 Å². The number of alkyl halides is 2. The van der Waals surface area contributed by atoms with Crippen molar-refractivity contribution in [3.05, 3.63) is 24.0 Å². The Morgan fingerprint density at radius 3 is 2.68 bits per heavy atom. The summed E-state index contributed by atoms with van der Waals surface area (Å²) in [6, 6.07) is 4.36. The molecule has 3 fully saturated rings. The predicted octanol–water partition coefficient (Wildman–Crippen LogP) is 0.801. The van der Waals surface area contributed by atoms with Crippen LogP contribution in [0, 0.1) is 5.82 Å². The van der Waals surface area contributed by atoms with E-state index >= 15 is 0 Å². The lowest BCUT2D eigenvalue weighted by atomic mass is 10.2. The molecule has 3 aliphatic rings. The maximum atomic E-state index is 14.9. The van der Waals surface area contributed by atoms with Crippen LogP contribution in [0.3, 0.4) is 0 Å². The Morgan fingerprint density at radius 1 is 1.16 bits per heavy atom. The van der Waals surface area contributed by atoms with Gasteiger partial charge in [0.15, 0.2) is 0 Å². The number of hydrazine groups is 1. The number of fused-ring (bicyclic) bond motifs is 1. The van der Waals surface area contributed by atoms with Gasteiger partial charge in [-0.2, -0.15) is 8.78 Å². The lowest BCUT2D eigenvalue weighted by Gasteiger charge is -2.24. The summed E-state index contributed by atoms with van der Waals surface area (Å²) in [5.41, 5.74) is 0.634. The van der Waals surface area contributed by atoms with Crippen molar-refractivity contribution in [3.63, 3.8) is 0 Å². The molecule has 1 atom stereocenters. The average molecular weight is 441 g/mol. The quantitative estimate of drug-likeness (QED) is 0.728. The Labute approximate surface area is 176 Å². The van der Waals surface area contributed by atoms with Crippen molar-refractivity contribution in [2.24, 2.45) is 0 Å². The second-order valence-electron chi connectivity index (χ2n) is 7.51. The maximum Gasteiger partial charge on any atom is 0.414 e. The topological polar surface area (TPSA) is 85.4 Å². The number of hydrogen-bond donors (Lipinski definition) is 1. The number of ether oxygens (including phenoxy) is 1. The molecule has 3 saturated heterocycles. The van der Waals surface area contributed by atoms with E-state index in [-0.39, 0.29) is 24.7 Å². The van der Waals surface area contributed by atoms with Gasteiger partial charge in [0.25, 0.3) is 5.91 Å². The van der Waals surface area contributed by atoms with Crippen LogP contribution in [-0.4, -0.2) is 86.3 Å². The zero-order valence-electron chi connectivity index (χ0n) is 16.6. The maximum absolute atomic E-state index is 14.9. The number of nitrogens with zero attached hydrogens (tertiary/aromatic N) is 4. The van der Waals surface area contributed by atoms with Crippen LogP contribution in [-0.2, 0) is 14.3 Å². The Balaban J connectivity index is 1.40. The van der Waals surface area contributed by atoms with Crippen molar-refractivity contribution in [1.82, 2.24) is 15.3 Å². The van der Waals surface area contributed by atoms with Crippen LogP contribution in [0.15, 0.2) is 18.2 Å². The second kappa shape index (κ2) is 8.61. The molecule has 1 N–H and O–H groups in total. The van der Waals surface area contributed by atoms with E-state index in [4.69, 9.17) is 4.74 Å². The Morgan fingerprint density at radius 2 is 1.94 bits per heavy atom. The van der Waals surface area contributed by atoms with Crippen molar-refractivity contribution in [2.75, 3.05) is 55.6 Å². The number of rotatable bonds is 5. The molecule has 12 heteroatoms. The van der Waals surface area contributed by atoms with Crippen molar-refractivity contribution < 1.29 is 32.3 Å². The van der Waals surface area contributed by atoms with Crippen molar-refractivity contribution in [1.29, 1.82) is 0 Å². The van der Waals surface area contributed by atoms with Gasteiger partial charge in [0.05, 0.1) is 31.0 Å². The van der Waals surface area contributed by atoms with Gasteiger partial charge in [-0.15, -0.1) is 0 Å². The summed E-state index contributed by atoms with van der Waals surface area (Å²) in [6.07, 6.45) is -4.21. The van der Waals surface area contributed by atoms with Gasteiger partial charge in [-0.1, -0.05) is 0 Å². The molecule has 0 saturated carbocycles. The normalized spacial score (nSPS) is 22.1. The molecule has 0 unspecified atom stereocenters. The molecule has 1 aromatic rings. The highest BCUT2D eigenvalue weighted by Crippen LogP contribution is 2.29. The molecular formula is C19H22F3N5O4. The fourth-order valence-electron chi connectivity index (χ4n) is 3.99. The highest BCUT2D eigenvalue weighted by Gasteiger charge is 2.34. The number of carbonyl (C=O) groups excluding carboxylic acids is 3. The molecule has 0 aliphatic carbocycles. The summed E-state index contributed by atoms with van der Waals surface area (Å²) in [4.78, 5) is 38.1. The first kappa shape index (κ1) is 21.2. The first-order chi connectivity index (χ1) is 14.8. The SMILES string of the molecule is O=C(NC[C@H]1CN(c2ccc(N3CCN4CCC(=O)N4CC3)c(F)c2)C(=O)O1)C(F)F. The molecule has 31 heavy (non-hydrogen) atoms. The molecule has 4 rings (SSSR count). The minimum Gasteiger partial charge on any atom is -0.442 e. The molecular weight excluding hydrogens is 419 g/mol. The summed E-state index contributed by atoms with van der Waals surface area (Å²) in [7, 11) is 0. The summed E-state index contributed by atoms with van der Waals surface area (Å²) in [5.74, 6) is -1.89. The lowest BCUT2D eigenvalue weighted by Crippen LogP contribution is -2.39. The Kier molecular flexibility index (Phi) is 5.90. The Bertz CT molecular complexity index is 886. The van der Waals surface area contributed by atoms with Gasteiger partial charge < -0.3 is 15.0 Å². The summed E-state index contributed by atoms with van der Waals surface area (Å²) >= 11 is 0. The van der Waals surface area contributed by atoms with Crippen molar-refractivity contribution >= 4 is 29.3 Å². The molecule has 168 valence electrons. The number of nitrogens with one attached hydrogen (secondary N) is 1. The van der Waals surface area contributed by atoms with Gasteiger partial charge in [0.1, 0.15) is 11.9 Å². The van der Waals surface area contributed by atoms with Gasteiger partial charge in [-0.3, -0.25) is 19.5 Å². The lowest BCUT2D eigenvalue weighted by molar-refractivity contribution is -0.136. The first-order valence-corrected chi connectivity index (χ1v) is 9.97. The molecule has 0 bridgehead atoms. The molecule has 3 aliphatic heterocycles. The van der Waals surface area contributed by atoms with E-state index in [1.165, 1.54) is 11.0 Å². The molecule has 3 amide bonds. The number of anilines is 2.